The third-order valence-corrected chi connectivity index (χ3v) is 6.02. The van der Waals surface area contributed by atoms with Gasteiger partial charge in [0.1, 0.15) is 0 Å². The molecule has 0 spiro atoms. The van der Waals surface area contributed by atoms with Crippen molar-refractivity contribution >= 4 is 46.6 Å². The van der Waals surface area contributed by atoms with Crippen LogP contribution in [0, 0.1) is 17.0 Å². The van der Waals surface area contributed by atoms with Crippen molar-refractivity contribution in [2.75, 3.05) is 11.1 Å². The summed E-state index contributed by atoms with van der Waals surface area (Å²) >= 11 is 7.02. The predicted molar refractivity (Wildman–Crippen MR) is 126 cm³/mol. The average molecular weight is 489 g/mol. The van der Waals surface area contributed by atoms with Crippen LogP contribution in [0.1, 0.15) is 34.7 Å². The number of carbonyl (C=O) groups excluding carboxylic acids is 2. The highest BCUT2D eigenvalue weighted by Gasteiger charge is 2.19. The molecule has 0 aliphatic rings. The highest BCUT2D eigenvalue weighted by Crippen LogP contribution is 2.23. The Morgan fingerprint density at radius 3 is 2.58 bits per heavy atom. The van der Waals surface area contributed by atoms with E-state index in [1.807, 2.05) is 0 Å². The van der Waals surface area contributed by atoms with Crippen molar-refractivity contribution < 1.29 is 14.5 Å². The van der Waals surface area contributed by atoms with Crippen molar-refractivity contribution in [3.63, 3.8) is 0 Å². The van der Waals surface area contributed by atoms with Gasteiger partial charge in [-0.15, -0.1) is 10.2 Å². The van der Waals surface area contributed by atoms with Crippen LogP contribution >= 0.6 is 23.4 Å². The summed E-state index contributed by atoms with van der Waals surface area (Å²) in [5.41, 5.74) is 1.46. The van der Waals surface area contributed by atoms with Crippen LogP contribution < -0.4 is 10.6 Å². The smallest absolute Gasteiger partial charge is 0.271 e. The number of nitrogens with zero attached hydrogens (tertiary/aromatic N) is 4. The van der Waals surface area contributed by atoms with Crippen LogP contribution in [0.15, 0.2) is 47.6 Å². The zero-order valence-corrected chi connectivity index (χ0v) is 19.6. The molecule has 0 saturated heterocycles. The Morgan fingerprint density at radius 2 is 1.91 bits per heavy atom. The lowest BCUT2D eigenvalue weighted by atomic mass is 10.2. The second-order valence-corrected chi connectivity index (χ2v) is 8.57. The van der Waals surface area contributed by atoms with Gasteiger partial charge < -0.3 is 15.2 Å². The van der Waals surface area contributed by atoms with Crippen molar-refractivity contribution in [2.45, 2.75) is 25.0 Å². The van der Waals surface area contributed by atoms with E-state index in [0.717, 1.165) is 11.8 Å². The molecule has 172 valence electrons. The number of nitro groups is 1. The van der Waals surface area contributed by atoms with E-state index < -0.39 is 11.0 Å². The average Bonchev–Trinajstić information content (AvgIpc) is 3.14. The second kappa shape index (κ2) is 10.5. The lowest BCUT2D eigenvalue weighted by Gasteiger charge is -2.13. The van der Waals surface area contributed by atoms with Crippen LogP contribution in [0.4, 0.5) is 11.4 Å². The number of halogens is 1. The van der Waals surface area contributed by atoms with Crippen LogP contribution in [0.3, 0.4) is 0 Å². The molecule has 1 aromatic heterocycles. The first-order valence-electron chi connectivity index (χ1n) is 9.79. The van der Waals surface area contributed by atoms with E-state index in [-0.39, 0.29) is 23.3 Å². The minimum atomic E-state index is -0.516. The maximum Gasteiger partial charge on any atom is 0.271 e. The minimum absolute atomic E-state index is 0.0274. The van der Waals surface area contributed by atoms with Crippen molar-refractivity contribution in [1.82, 2.24) is 20.1 Å². The fourth-order valence-electron chi connectivity index (χ4n) is 2.95. The summed E-state index contributed by atoms with van der Waals surface area (Å²) in [7, 11) is 1.74. The molecular weight excluding hydrogens is 468 g/mol. The number of amides is 2. The number of carbonyl (C=O) groups is 2. The van der Waals surface area contributed by atoms with E-state index in [0.29, 0.717) is 32.8 Å². The van der Waals surface area contributed by atoms with Crippen molar-refractivity contribution in [1.29, 1.82) is 0 Å². The maximum absolute atomic E-state index is 12.4. The molecule has 2 N–H and O–H groups in total. The number of thioether (sulfide) groups is 1. The number of hydrogen-bond donors (Lipinski definition) is 2. The monoisotopic (exact) mass is 488 g/mol. The summed E-state index contributed by atoms with van der Waals surface area (Å²) in [4.78, 5) is 35.2. The van der Waals surface area contributed by atoms with Gasteiger partial charge in [-0.05, 0) is 43.7 Å². The summed E-state index contributed by atoms with van der Waals surface area (Å²) in [5, 5.41) is 25.8. The molecule has 0 unspecified atom stereocenters. The Hall–Kier alpha value is -3.44. The van der Waals surface area contributed by atoms with Gasteiger partial charge in [0, 0.05) is 29.8 Å². The summed E-state index contributed by atoms with van der Waals surface area (Å²) in [5.74, 6) is -0.0605. The summed E-state index contributed by atoms with van der Waals surface area (Å²) in [6, 6.07) is 10.4. The largest absolute Gasteiger partial charge is 0.342 e. The van der Waals surface area contributed by atoms with E-state index >= 15 is 0 Å². The van der Waals surface area contributed by atoms with Crippen molar-refractivity contribution in [3.05, 3.63) is 74.6 Å². The highest BCUT2D eigenvalue weighted by atomic mass is 35.5. The molecule has 2 amide bonds. The van der Waals surface area contributed by atoms with Gasteiger partial charge in [-0.1, -0.05) is 29.4 Å². The number of benzene rings is 2. The number of hydrogen-bond acceptors (Lipinski definition) is 7. The molecule has 2 aromatic carbocycles. The van der Waals surface area contributed by atoms with Crippen molar-refractivity contribution in [2.24, 2.45) is 7.05 Å². The number of aromatic nitrogens is 3. The van der Waals surface area contributed by atoms with Gasteiger partial charge in [0.05, 0.1) is 22.4 Å². The molecule has 0 fully saturated rings. The Kier molecular flexibility index (Phi) is 7.67. The van der Waals surface area contributed by atoms with E-state index in [1.165, 1.54) is 12.1 Å². The molecule has 0 saturated carbocycles. The number of nitrogens with one attached hydrogen (secondary N) is 2. The van der Waals surface area contributed by atoms with E-state index in [1.54, 1.807) is 55.8 Å². The highest BCUT2D eigenvalue weighted by molar-refractivity contribution is 7.99. The Bertz CT molecular complexity index is 1200. The fraction of sp³-hybridized carbons (Fsp3) is 0.238. The number of nitro benzene ring substituents is 1. The standard InChI is InChI=1S/C21H21ClN6O4S/c1-12-4-9-16(28(31)32)10-17(12)24-18(29)11-33-21-26-25-19(27(21)3)13(2)23-20(30)14-5-7-15(22)8-6-14/h4-10,13H,11H2,1-3H3,(H,23,30)(H,24,29)/t13-/m1/s1. The quantitative estimate of drug-likeness (QED) is 0.279. The minimum Gasteiger partial charge on any atom is -0.342 e. The lowest BCUT2D eigenvalue weighted by molar-refractivity contribution is -0.384. The van der Waals surface area contributed by atoms with E-state index in [4.69, 9.17) is 11.6 Å². The summed E-state index contributed by atoms with van der Waals surface area (Å²) in [6.45, 7) is 3.53. The summed E-state index contributed by atoms with van der Waals surface area (Å²) in [6.07, 6.45) is 0. The normalized spacial score (nSPS) is 11.6. The number of anilines is 1. The van der Waals surface area contributed by atoms with Gasteiger partial charge in [0.2, 0.25) is 5.91 Å². The van der Waals surface area contributed by atoms with Crippen LogP contribution in [-0.2, 0) is 11.8 Å². The third kappa shape index (κ3) is 6.08. The van der Waals surface area contributed by atoms with Crippen LogP contribution in [-0.4, -0.2) is 37.3 Å². The van der Waals surface area contributed by atoms with Gasteiger partial charge in [-0.2, -0.15) is 0 Å². The maximum atomic E-state index is 12.4. The molecular formula is C21H21ClN6O4S. The molecule has 10 nitrogen and oxygen atoms in total. The van der Waals surface area contributed by atoms with Gasteiger partial charge in [0.25, 0.3) is 11.6 Å². The van der Waals surface area contributed by atoms with Gasteiger partial charge in [0.15, 0.2) is 11.0 Å². The van der Waals surface area contributed by atoms with Gasteiger partial charge in [-0.3, -0.25) is 19.7 Å². The second-order valence-electron chi connectivity index (χ2n) is 7.20. The first kappa shape index (κ1) is 24.2. The Labute approximate surface area is 198 Å². The molecule has 0 radical (unpaired) electrons. The third-order valence-electron chi connectivity index (χ3n) is 4.75. The molecule has 3 aromatic rings. The molecule has 12 heteroatoms. The predicted octanol–water partition coefficient (Wildman–Crippen LogP) is 3.91. The van der Waals surface area contributed by atoms with Crippen LogP contribution in [0.5, 0.6) is 0 Å². The number of non-ortho nitro benzene ring substituents is 1. The molecule has 1 atom stereocenters. The summed E-state index contributed by atoms with van der Waals surface area (Å²) < 4.78 is 1.70. The zero-order chi connectivity index (χ0) is 24.1. The van der Waals surface area contributed by atoms with Gasteiger partial charge >= 0.3 is 0 Å². The van der Waals surface area contributed by atoms with Crippen LogP contribution in [0.25, 0.3) is 0 Å². The Morgan fingerprint density at radius 1 is 1.21 bits per heavy atom. The number of rotatable bonds is 8. The van der Waals surface area contributed by atoms with E-state index in [2.05, 4.69) is 20.8 Å². The SMILES string of the molecule is Cc1ccc([N+](=O)[O-])cc1NC(=O)CSc1nnc([C@@H](C)NC(=O)c2ccc(Cl)cc2)n1C. The number of aryl methyl sites for hydroxylation is 1. The van der Waals surface area contributed by atoms with Crippen LogP contribution in [0.2, 0.25) is 5.02 Å². The topological polar surface area (TPSA) is 132 Å². The van der Waals surface area contributed by atoms with Crippen molar-refractivity contribution in [3.8, 4) is 0 Å². The molecule has 0 bridgehead atoms. The zero-order valence-electron chi connectivity index (χ0n) is 18.0. The van der Waals surface area contributed by atoms with Gasteiger partial charge in [-0.25, -0.2) is 0 Å². The molecule has 33 heavy (non-hydrogen) atoms. The molecule has 0 aliphatic heterocycles. The lowest BCUT2D eigenvalue weighted by Crippen LogP contribution is -2.28. The fourth-order valence-corrected chi connectivity index (χ4v) is 3.79. The first-order valence-corrected chi connectivity index (χ1v) is 11.2. The molecule has 3 rings (SSSR count). The molecule has 0 aliphatic carbocycles. The Balaban J connectivity index is 1.60. The van der Waals surface area contributed by atoms with E-state index in [9.17, 15) is 19.7 Å². The first-order chi connectivity index (χ1) is 15.7. The molecule has 1 heterocycles.